The number of piperidine rings is 1. The van der Waals surface area contributed by atoms with Crippen LogP contribution in [0.4, 0.5) is 24.7 Å². The number of hydrogen-bond acceptors (Lipinski definition) is 4. The van der Waals surface area contributed by atoms with Crippen LogP contribution < -0.4 is 10.2 Å². The van der Waals surface area contributed by atoms with E-state index >= 15 is 0 Å². The molecule has 4 rings (SSSR count). The number of halogens is 3. The van der Waals surface area contributed by atoms with Crippen molar-refractivity contribution < 1.29 is 22.8 Å². The van der Waals surface area contributed by atoms with Crippen LogP contribution in [0.15, 0.2) is 42.6 Å². The first-order valence-corrected chi connectivity index (χ1v) is 11.7. The van der Waals surface area contributed by atoms with Gasteiger partial charge in [-0.15, -0.1) is 0 Å². The Hall–Kier alpha value is -2.94. The van der Waals surface area contributed by atoms with Gasteiger partial charge in [-0.2, -0.15) is 13.2 Å². The highest BCUT2D eigenvalue weighted by Gasteiger charge is 2.31. The van der Waals surface area contributed by atoms with Crippen molar-refractivity contribution in [1.82, 2.24) is 15.2 Å². The van der Waals surface area contributed by atoms with Crippen molar-refractivity contribution in [2.24, 2.45) is 5.92 Å². The van der Waals surface area contributed by atoms with Gasteiger partial charge in [-0.25, -0.2) is 4.98 Å². The summed E-state index contributed by atoms with van der Waals surface area (Å²) in [7, 11) is 0. The highest BCUT2D eigenvalue weighted by atomic mass is 19.4. The van der Waals surface area contributed by atoms with Gasteiger partial charge in [0.15, 0.2) is 0 Å². The van der Waals surface area contributed by atoms with E-state index in [9.17, 15) is 22.8 Å². The van der Waals surface area contributed by atoms with Crippen molar-refractivity contribution in [3.63, 3.8) is 0 Å². The van der Waals surface area contributed by atoms with Gasteiger partial charge in [-0.1, -0.05) is 25.0 Å². The molecule has 1 aliphatic carbocycles. The topological polar surface area (TPSA) is 65.5 Å². The van der Waals surface area contributed by atoms with Crippen molar-refractivity contribution >= 4 is 23.8 Å². The Bertz CT molecular complexity index is 1000. The number of nitrogens with zero attached hydrogens (tertiary/aromatic N) is 3. The number of aromatic nitrogens is 1. The predicted octanol–water partition coefficient (Wildman–Crippen LogP) is 4.67. The zero-order valence-corrected chi connectivity index (χ0v) is 18.9. The number of anilines is 2. The van der Waals surface area contributed by atoms with Gasteiger partial charge in [0.05, 0.1) is 11.3 Å². The van der Waals surface area contributed by atoms with E-state index in [0.717, 1.165) is 67.6 Å². The first-order valence-electron chi connectivity index (χ1n) is 11.7. The fraction of sp³-hybridized carbons (Fsp3) is 0.480. The summed E-state index contributed by atoms with van der Waals surface area (Å²) in [6.07, 6.45) is 3.13. The largest absolute Gasteiger partial charge is 0.416 e. The maximum atomic E-state index is 13.1. The summed E-state index contributed by atoms with van der Waals surface area (Å²) in [5, 5.41) is 3.20. The van der Waals surface area contributed by atoms with Crippen molar-refractivity contribution in [1.29, 1.82) is 0 Å². The molecule has 2 aliphatic rings. The van der Waals surface area contributed by atoms with Gasteiger partial charge in [-0.3, -0.25) is 19.4 Å². The zero-order valence-electron chi connectivity index (χ0n) is 18.9. The summed E-state index contributed by atoms with van der Waals surface area (Å²) < 4.78 is 39.2. The molecule has 9 heteroatoms. The zero-order chi connectivity index (χ0) is 24.1. The molecule has 0 atom stereocenters. The van der Waals surface area contributed by atoms with Crippen molar-refractivity contribution in [2.75, 3.05) is 18.0 Å². The summed E-state index contributed by atoms with van der Waals surface area (Å²) in [5.74, 6) is 0.126. The molecule has 0 unspecified atom stereocenters. The summed E-state index contributed by atoms with van der Waals surface area (Å²) in [4.78, 5) is 31.6. The molecule has 1 aliphatic heterocycles. The lowest BCUT2D eigenvalue weighted by molar-refractivity contribution is -0.137. The molecule has 1 aromatic heterocycles. The summed E-state index contributed by atoms with van der Waals surface area (Å²) in [5.41, 5.74) is 0.524. The van der Waals surface area contributed by atoms with E-state index in [1.54, 1.807) is 18.2 Å². The van der Waals surface area contributed by atoms with Crippen LogP contribution in [-0.2, 0) is 22.3 Å². The van der Waals surface area contributed by atoms with Crippen molar-refractivity contribution in [3.05, 3.63) is 53.7 Å². The summed E-state index contributed by atoms with van der Waals surface area (Å²) in [6.45, 7) is 2.21. The number of rotatable bonds is 7. The molecule has 182 valence electrons. The van der Waals surface area contributed by atoms with Gasteiger partial charge in [0.2, 0.25) is 12.3 Å². The van der Waals surface area contributed by atoms with Crippen LogP contribution in [-0.4, -0.2) is 41.3 Å². The lowest BCUT2D eigenvalue weighted by Gasteiger charge is -2.32. The second-order valence-corrected chi connectivity index (χ2v) is 9.09. The fourth-order valence-corrected chi connectivity index (χ4v) is 4.78. The molecule has 2 aromatic rings. The second-order valence-electron chi connectivity index (χ2n) is 9.09. The van der Waals surface area contributed by atoms with Crippen LogP contribution in [0.25, 0.3) is 0 Å². The van der Waals surface area contributed by atoms with Crippen LogP contribution in [0.2, 0.25) is 0 Å². The Morgan fingerprint density at radius 1 is 1.12 bits per heavy atom. The number of likely N-dealkylation sites (tertiary alicyclic amines) is 1. The fourth-order valence-electron chi connectivity index (χ4n) is 4.78. The second kappa shape index (κ2) is 10.5. The van der Waals surface area contributed by atoms with Crippen LogP contribution in [0.5, 0.6) is 0 Å². The summed E-state index contributed by atoms with van der Waals surface area (Å²) in [6, 6.07) is 9.22. The van der Waals surface area contributed by atoms with Crippen LogP contribution in [0, 0.1) is 5.92 Å². The lowest BCUT2D eigenvalue weighted by Crippen LogP contribution is -2.43. The highest BCUT2D eigenvalue weighted by Crippen LogP contribution is 2.32. The standard InChI is InChI=1S/C25H29F3N4O2/c26-25(27,28)20-8-11-29-23(15-20)32(17-33)22-7-3-4-18(14-22)16-31-12-9-19(10-13-31)24(34)30-21-5-1-2-6-21/h3-4,7-8,11,14-15,17,19,21H,1-2,5-6,9-10,12-13,16H2,(H,30,34). The van der Waals surface area contributed by atoms with Gasteiger partial charge in [-0.05, 0) is 68.6 Å². The van der Waals surface area contributed by atoms with E-state index < -0.39 is 11.7 Å². The first-order chi connectivity index (χ1) is 16.3. The number of pyridine rings is 1. The summed E-state index contributed by atoms with van der Waals surface area (Å²) >= 11 is 0. The molecule has 1 saturated heterocycles. The minimum Gasteiger partial charge on any atom is -0.353 e. The van der Waals surface area contributed by atoms with Crippen LogP contribution in [0.1, 0.15) is 49.7 Å². The predicted molar refractivity (Wildman–Crippen MR) is 122 cm³/mol. The van der Waals surface area contributed by atoms with Gasteiger partial charge in [0, 0.05) is 24.7 Å². The molecule has 0 radical (unpaired) electrons. The van der Waals surface area contributed by atoms with Gasteiger partial charge in [0.25, 0.3) is 0 Å². The van der Waals surface area contributed by atoms with Gasteiger partial charge in [0.1, 0.15) is 5.82 Å². The van der Waals surface area contributed by atoms with E-state index in [-0.39, 0.29) is 17.6 Å². The average Bonchev–Trinajstić information content (AvgIpc) is 3.33. The monoisotopic (exact) mass is 474 g/mol. The minimum atomic E-state index is -4.52. The number of carbonyl (C=O) groups is 2. The van der Waals surface area contributed by atoms with Crippen molar-refractivity contribution in [3.8, 4) is 0 Å². The van der Waals surface area contributed by atoms with E-state index in [4.69, 9.17) is 0 Å². The molecular formula is C25H29F3N4O2. The molecule has 34 heavy (non-hydrogen) atoms. The third-order valence-electron chi connectivity index (χ3n) is 6.68. The Labute approximate surface area is 197 Å². The Balaban J connectivity index is 1.37. The molecule has 0 spiro atoms. The first kappa shape index (κ1) is 24.2. The molecular weight excluding hydrogens is 445 g/mol. The minimum absolute atomic E-state index is 0.0423. The van der Waals surface area contributed by atoms with E-state index in [1.807, 2.05) is 6.07 Å². The van der Waals surface area contributed by atoms with Gasteiger partial charge < -0.3 is 5.32 Å². The van der Waals surface area contributed by atoms with E-state index in [1.165, 1.54) is 12.8 Å². The Kier molecular flexibility index (Phi) is 7.50. The third kappa shape index (κ3) is 5.94. The number of benzene rings is 1. The number of hydrogen-bond donors (Lipinski definition) is 1. The van der Waals surface area contributed by atoms with E-state index in [0.29, 0.717) is 24.7 Å². The number of amides is 2. The average molecular weight is 475 g/mol. The maximum absolute atomic E-state index is 13.1. The molecule has 2 amide bonds. The van der Waals surface area contributed by atoms with Crippen molar-refractivity contribution in [2.45, 2.75) is 57.3 Å². The lowest BCUT2D eigenvalue weighted by atomic mass is 9.95. The number of carbonyl (C=O) groups excluding carboxylic acids is 2. The highest BCUT2D eigenvalue weighted by molar-refractivity contribution is 5.85. The third-order valence-corrected chi connectivity index (χ3v) is 6.68. The smallest absolute Gasteiger partial charge is 0.353 e. The maximum Gasteiger partial charge on any atom is 0.416 e. The molecule has 6 nitrogen and oxygen atoms in total. The molecule has 2 fully saturated rings. The molecule has 1 saturated carbocycles. The van der Waals surface area contributed by atoms with Crippen LogP contribution in [0.3, 0.4) is 0 Å². The molecule has 1 aromatic carbocycles. The quantitative estimate of drug-likeness (QED) is 0.593. The number of alkyl halides is 3. The normalized spacial score (nSPS) is 18.1. The van der Waals surface area contributed by atoms with Gasteiger partial charge >= 0.3 is 6.18 Å². The molecule has 0 bridgehead atoms. The SMILES string of the molecule is O=CN(c1cccc(CN2CCC(C(=O)NC3CCCC3)CC2)c1)c1cc(C(F)(F)F)ccn1. The molecule has 1 N–H and O–H groups in total. The Morgan fingerprint density at radius 2 is 1.85 bits per heavy atom. The molecule has 2 heterocycles. The van der Waals surface area contributed by atoms with Crippen LogP contribution >= 0.6 is 0 Å². The van der Waals surface area contributed by atoms with E-state index in [2.05, 4.69) is 15.2 Å². The number of nitrogens with one attached hydrogen (secondary N) is 1. The Morgan fingerprint density at radius 3 is 2.53 bits per heavy atom.